The van der Waals surface area contributed by atoms with Gasteiger partial charge in [-0.3, -0.25) is 0 Å². The lowest BCUT2D eigenvalue weighted by atomic mass is 10.0. The molecule has 3 N–H and O–H groups in total. The average Bonchev–Trinajstić information content (AvgIpc) is 2.22. The standard InChI is InChI=1S/C10H13F2NO2/c1-15-5-6-2-3-7(11)9(10(6)12)8(14)4-13/h2-3,8,14H,4-5,13H2,1H3. The van der Waals surface area contributed by atoms with E-state index in [9.17, 15) is 13.9 Å². The number of rotatable bonds is 4. The Bertz CT molecular complexity index is 344. The van der Waals surface area contributed by atoms with E-state index in [0.717, 1.165) is 6.07 Å². The molecule has 1 atom stereocenters. The molecule has 1 aromatic rings. The molecule has 0 fully saturated rings. The van der Waals surface area contributed by atoms with Crippen molar-refractivity contribution in [2.75, 3.05) is 13.7 Å². The average molecular weight is 217 g/mol. The van der Waals surface area contributed by atoms with Crippen molar-refractivity contribution in [3.63, 3.8) is 0 Å². The fourth-order valence-corrected chi connectivity index (χ4v) is 1.30. The Morgan fingerprint density at radius 1 is 1.47 bits per heavy atom. The molecule has 1 aromatic carbocycles. The number of methoxy groups -OCH3 is 1. The highest BCUT2D eigenvalue weighted by Gasteiger charge is 2.19. The first-order chi connectivity index (χ1) is 7.11. The van der Waals surface area contributed by atoms with Gasteiger partial charge in [-0.25, -0.2) is 8.78 Å². The third-order valence-corrected chi connectivity index (χ3v) is 2.06. The number of halogens is 2. The number of nitrogens with two attached hydrogens (primary N) is 1. The van der Waals surface area contributed by atoms with E-state index >= 15 is 0 Å². The zero-order chi connectivity index (χ0) is 11.4. The van der Waals surface area contributed by atoms with Gasteiger partial charge in [0.25, 0.3) is 0 Å². The predicted molar refractivity (Wildman–Crippen MR) is 51.1 cm³/mol. The molecule has 84 valence electrons. The Labute approximate surface area is 86.5 Å². The maximum Gasteiger partial charge on any atom is 0.137 e. The fourth-order valence-electron chi connectivity index (χ4n) is 1.30. The van der Waals surface area contributed by atoms with Crippen LogP contribution in [0, 0.1) is 11.6 Å². The molecule has 0 aliphatic carbocycles. The summed E-state index contributed by atoms with van der Waals surface area (Å²) in [5, 5.41) is 9.34. The largest absolute Gasteiger partial charge is 0.387 e. The normalized spacial score (nSPS) is 12.9. The Morgan fingerprint density at radius 3 is 2.67 bits per heavy atom. The molecule has 0 radical (unpaired) electrons. The highest BCUT2D eigenvalue weighted by Crippen LogP contribution is 2.23. The molecular formula is C10H13F2NO2. The first kappa shape index (κ1) is 12.0. The number of ether oxygens (including phenoxy) is 1. The summed E-state index contributed by atoms with van der Waals surface area (Å²) in [4.78, 5) is 0. The topological polar surface area (TPSA) is 55.5 Å². The number of hydrogen-bond acceptors (Lipinski definition) is 3. The molecule has 0 heterocycles. The zero-order valence-corrected chi connectivity index (χ0v) is 8.34. The molecule has 0 aliphatic rings. The van der Waals surface area contributed by atoms with Crippen molar-refractivity contribution in [3.8, 4) is 0 Å². The summed E-state index contributed by atoms with van der Waals surface area (Å²) in [6.07, 6.45) is -1.33. The first-order valence-electron chi connectivity index (χ1n) is 4.45. The van der Waals surface area contributed by atoms with Crippen LogP contribution in [0.4, 0.5) is 8.78 Å². The SMILES string of the molecule is COCc1ccc(F)c(C(O)CN)c1F. The number of hydrogen-bond donors (Lipinski definition) is 2. The maximum absolute atomic E-state index is 13.6. The van der Waals surface area contributed by atoms with Gasteiger partial charge in [-0.1, -0.05) is 6.07 Å². The van der Waals surface area contributed by atoms with Crippen molar-refractivity contribution in [2.24, 2.45) is 5.73 Å². The summed E-state index contributed by atoms with van der Waals surface area (Å²) < 4.78 is 31.6. The van der Waals surface area contributed by atoms with Crippen LogP contribution < -0.4 is 5.73 Å². The third-order valence-electron chi connectivity index (χ3n) is 2.06. The summed E-state index contributed by atoms with van der Waals surface area (Å²) in [7, 11) is 1.40. The molecule has 0 amide bonds. The third kappa shape index (κ3) is 2.50. The van der Waals surface area contributed by atoms with Gasteiger partial charge >= 0.3 is 0 Å². The summed E-state index contributed by atoms with van der Waals surface area (Å²) in [6, 6.07) is 2.37. The molecule has 0 aromatic heterocycles. The van der Waals surface area contributed by atoms with Crippen LogP contribution in [0.3, 0.4) is 0 Å². The Kier molecular flexibility index (Phi) is 4.14. The molecule has 0 bridgehead atoms. The van der Waals surface area contributed by atoms with Gasteiger partial charge in [0.05, 0.1) is 18.3 Å². The van der Waals surface area contributed by atoms with Gasteiger partial charge in [0.1, 0.15) is 11.6 Å². The lowest BCUT2D eigenvalue weighted by molar-refractivity contribution is 0.168. The second-order valence-corrected chi connectivity index (χ2v) is 3.12. The van der Waals surface area contributed by atoms with Gasteiger partial charge in [-0.15, -0.1) is 0 Å². The highest BCUT2D eigenvalue weighted by atomic mass is 19.1. The van der Waals surface area contributed by atoms with Crippen LogP contribution in [0.1, 0.15) is 17.2 Å². The Balaban J connectivity index is 3.17. The first-order valence-corrected chi connectivity index (χ1v) is 4.45. The molecule has 15 heavy (non-hydrogen) atoms. The molecular weight excluding hydrogens is 204 g/mol. The van der Waals surface area contributed by atoms with E-state index in [1.165, 1.54) is 13.2 Å². The van der Waals surface area contributed by atoms with E-state index < -0.39 is 23.3 Å². The predicted octanol–water partition coefficient (Wildman–Crippen LogP) is 1.10. The van der Waals surface area contributed by atoms with Gasteiger partial charge in [-0.2, -0.15) is 0 Å². The van der Waals surface area contributed by atoms with E-state index in [1.807, 2.05) is 0 Å². The highest BCUT2D eigenvalue weighted by molar-refractivity contribution is 5.29. The smallest absolute Gasteiger partial charge is 0.137 e. The van der Waals surface area contributed by atoms with Gasteiger partial charge in [0.2, 0.25) is 0 Å². The minimum Gasteiger partial charge on any atom is -0.387 e. The Hall–Kier alpha value is -1.04. The van der Waals surface area contributed by atoms with E-state index in [-0.39, 0.29) is 18.7 Å². The fraction of sp³-hybridized carbons (Fsp3) is 0.400. The lowest BCUT2D eigenvalue weighted by Gasteiger charge is -2.13. The number of benzene rings is 1. The van der Waals surface area contributed by atoms with Crippen LogP contribution in [0.25, 0.3) is 0 Å². The molecule has 5 heteroatoms. The van der Waals surface area contributed by atoms with Gasteiger partial charge in [0, 0.05) is 19.2 Å². The van der Waals surface area contributed by atoms with Crippen LogP contribution in [0.5, 0.6) is 0 Å². The van der Waals surface area contributed by atoms with Gasteiger partial charge < -0.3 is 15.6 Å². The van der Waals surface area contributed by atoms with Crippen LogP contribution in [-0.2, 0) is 11.3 Å². The monoisotopic (exact) mass is 217 g/mol. The van der Waals surface area contributed by atoms with Crippen molar-refractivity contribution in [2.45, 2.75) is 12.7 Å². The Morgan fingerprint density at radius 2 is 2.13 bits per heavy atom. The van der Waals surface area contributed by atoms with E-state index in [4.69, 9.17) is 10.5 Å². The summed E-state index contributed by atoms with van der Waals surface area (Å²) in [6.45, 7) is -0.208. The lowest BCUT2D eigenvalue weighted by Crippen LogP contribution is -2.16. The molecule has 1 unspecified atom stereocenters. The van der Waals surface area contributed by atoms with Crippen molar-refractivity contribution in [1.29, 1.82) is 0 Å². The summed E-state index contributed by atoms with van der Waals surface area (Å²) >= 11 is 0. The minimum absolute atomic E-state index is 0.0242. The van der Waals surface area contributed by atoms with Gasteiger partial charge in [0.15, 0.2) is 0 Å². The minimum atomic E-state index is -1.33. The summed E-state index contributed by atoms with van der Waals surface area (Å²) in [5.74, 6) is -1.60. The molecule has 0 aliphatic heterocycles. The van der Waals surface area contributed by atoms with Gasteiger partial charge in [-0.05, 0) is 6.07 Å². The van der Waals surface area contributed by atoms with Crippen molar-refractivity contribution in [1.82, 2.24) is 0 Å². The van der Waals surface area contributed by atoms with Crippen molar-refractivity contribution in [3.05, 3.63) is 34.9 Å². The zero-order valence-electron chi connectivity index (χ0n) is 8.34. The second-order valence-electron chi connectivity index (χ2n) is 3.12. The molecule has 1 rings (SSSR count). The van der Waals surface area contributed by atoms with E-state index in [0.29, 0.717) is 0 Å². The molecule has 3 nitrogen and oxygen atoms in total. The molecule has 0 saturated heterocycles. The second kappa shape index (κ2) is 5.16. The van der Waals surface area contributed by atoms with Crippen LogP contribution in [0.2, 0.25) is 0 Å². The summed E-state index contributed by atoms with van der Waals surface area (Å²) in [5.41, 5.74) is 4.95. The number of aliphatic hydroxyl groups excluding tert-OH is 1. The van der Waals surface area contributed by atoms with Crippen molar-refractivity contribution < 1.29 is 18.6 Å². The quantitative estimate of drug-likeness (QED) is 0.794. The van der Waals surface area contributed by atoms with E-state index in [2.05, 4.69) is 0 Å². The molecule has 0 spiro atoms. The van der Waals surface area contributed by atoms with Crippen molar-refractivity contribution >= 4 is 0 Å². The van der Waals surface area contributed by atoms with E-state index in [1.54, 1.807) is 0 Å². The number of aliphatic hydroxyl groups is 1. The van der Waals surface area contributed by atoms with Crippen LogP contribution in [-0.4, -0.2) is 18.8 Å². The van der Waals surface area contributed by atoms with Crippen LogP contribution in [0.15, 0.2) is 12.1 Å². The van der Waals surface area contributed by atoms with Crippen LogP contribution >= 0.6 is 0 Å². The maximum atomic E-state index is 13.6. The molecule has 0 saturated carbocycles.